The average Bonchev–Trinajstić information content (AvgIpc) is 1.20. The molecule has 0 aromatic carbocycles. The smallest absolute Gasteiger partial charge is 0.462 e. The zero-order chi connectivity index (χ0) is 71.0. The van der Waals surface area contributed by atoms with Gasteiger partial charge in [0.2, 0.25) is 0 Å². The maximum absolute atomic E-state index is 13.1. The molecule has 0 bridgehead atoms. The van der Waals surface area contributed by atoms with Crippen molar-refractivity contribution in [1.82, 2.24) is 0 Å². The molecular formula is C77H150O17P2. The fourth-order valence-electron chi connectivity index (χ4n) is 11.7. The lowest BCUT2D eigenvalue weighted by Crippen LogP contribution is -2.30. The molecular weight excluding hydrogens is 1260 g/mol. The number of carbonyl (C=O) groups is 4. The van der Waals surface area contributed by atoms with E-state index in [2.05, 4.69) is 55.4 Å². The standard InChI is InChI=1S/C77H150O17P2/c1-67(2)53-45-37-29-22-16-12-10-9-11-13-19-26-34-43-51-59-76(81)94-73(64-88-75(80)58-50-42-36-28-32-40-48-56-70(7)8)66-92-96(85,86)90-62-71(78)61-89-95(83,84)91-65-72(93-77(82)60-52-44-35-27-21-15-18-24-31-39-47-55-69(5)6)63-87-74(79)57-49-41-33-25-20-14-17-23-30-38-46-54-68(3)4/h67-73,78H,9-66H2,1-8H3,(H,83,84)(H,85,86)/t71?,72-,73-/m1/s1. The number of rotatable bonds is 74. The van der Waals surface area contributed by atoms with Crippen LogP contribution in [0.5, 0.6) is 0 Å². The van der Waals surface area contributed by atoms with Crippen LogP contribution in [0.3, 0.4) is 0 Å². The normalized spacial score (nSPS) is 14.1. The van der Waals surface area contributed by atoms with E-state index < -0.39 is 97.5 Å². The Morgan fingerprint density at radius 2 is 0.438 bits per heavy atom. The van der Waals surface area contributed by atoms with Crippen molar-refractivity contribution in [2.24, 2.45) is 23.7 Å². The van der Waals surface area contributed by atoms with Crippen LogP contribution in [0.1, 0.15) is 389 Å². The summed E-state index contributed by atoms with van der Waals surface area (Å²) in [6.07, 6.45) is 51.4. The van der Waals surface area contributed by atoms with Crippen molar-refractivity contribution in [2.45, 2.75) is 408 Å². The van der Waals surface area contributed by atoms with Crippen LogP contribution in [0.2, 0.25) is 0 Å². The van der Waals surface area contributed by atoms with E-state index >= 15 is 0 Å². The van der Waals surface area contributed by atoms with Gasteiger partial charge in [-0.15, -0.1) is 0 Å². The molecule has 96 heavy (non-hydrogen) atoms. The van der Waals surface area contributed by atoms with Crippen molar-refractivity contribution in [3.05, 3.63) is 0 Å². The van der Waals surface area contributed by atoms with Gasteiger partial charge in [-0.2, -0.15) is 0 Å². The van der Waals surface area contributed by atoms with Gasteiger partial charge in [-0.25, -0.2) is 9.13 Å². The highest BCUT2D eigenvalue weighted by molar-refractivity contribution is 7.47. The van der Waals surface area contributed by atoms with Crippen LogP contribution < -0.4 is 0 Å². The largest absolute Gasteiger partial charge is 0.472 e. The summed E-state index contributed by atoms with van der Waals surface area (Å²) in [5.74, 6) is 0.924. The maximum Gasteiger partial charge on any atom is 0.472 e. The van der Waals surface area contributed by atoms with Crippen LogP contribution in [0, 0.1) is 23.7 Å². The van der Waals surface area contributed by atoms with E-state index in [0.717, 1.165) is 114 Å². The summed E-state index contributed by atoms with van der Waals surface area (Å²) >= 11 is 0. The second kappa shape index (κ2) is 66.3. The Kier molecular flexibility index (Phi) is 65.0. The number of aliphatic hydroxyl groups is 1. The van der Waals surface area contributed by atoms with E-state index in [0.29, 0.717) is 31.6 Å². The average molecular weight is 1410 g/mol. The van der Waals surface area contributed by atoms with Crippen molar-refractivity contribution in [1.29, 1.82) is 0 Å². The van der Waals surface area contributed by atoms with E-state index in [9.17, 15) is 43.2 Å². The van der Waals surface area contributed by atoms with Crippen molar-refractivity contribution in [3.8, 4) is 0 Å². The summed E-state index contributed by atoms with van der Waals surface area (Å²) in [7, 11) is -9.92. The Morgan fingerprint density at radius 1 is 0.260 bits per heavy atom. The number of carbonyl (C=O) groups excluding carboxylic acids is 4. The number of phosphoric acid groups is 2. The highest BCUT2D eigenvalue weighted by atomic mass is 31.2. The first-order valence-electron chi connectivity index (χ1n) is 39.7. The SMILES string of the molecule is CC(C)CCCCCCCCCCCCCCCCCC(=O)O[C@H](COC(=O)CCCCCCCCCC(C)C)COP(=O)(O)OCC(O)COP(=O)(O)OC[C@@H](COC(=O)CCCCCCCCCCCCCC(C)C)OC(=O)CCCCCCCCCCCCCC(C)C. The minimum atomic E-state index is -4.96. The highest BCUT2D eigenvalue weighted by Gasteiger charge is 2.30. The van der Waals surface area contributed by atoms with Crippen molar-refractivity contribution < 1.29 is 80.2 Å². The Balaban J connectivity index is 5.24. The quantitative estimate of drug-likeness (QED) is 0.0222. The number of unbranched alkanes of at least 4 members (excludes halogenated alkanes) is 40. The van der Waals surface area contributed by atoms with E-state index in [1.54, 1.807) is 0 Å². The molecule has 0 rings (SSSR count). The van der Waals surface area contributed by atoms with Gasteiger partial charge in [0, 0.05) is 25.7 Å². The van der Waals surface area contributed by atoms with E-state index in [4.69, 9.17) is 37.0 Å². The van der Waals surface area contributed by atoms with Gasteiger partial charge in [0.1, 0.15) is 19.3 Å². The molecule has 3 N–H and O–H groups in total. The zero-order valence-electron chi connectivity index (χ0n) is 63.0. The van der Waals surface area contributed by atoms with Gasteiger partial charge < -0.3 is 33.8 Å². The molecule has 0 heterocycles. The van der Waals surface area contributed by atoms with Gasteiger partial charge in [0.15, 0.2) is 12.2 Å². The van der Waals surface area contributed by atoms with E-state index in [1.165, 1.54) is 186 Å². The molecule has 0 fully saturated rings. The van der Waals surface area contributed by atoms with Crippen LogP contribution in [0.15, 0.2) is 0 Å². The fraction of sp³-hybridized carbons (Fsp3) is 0.948. The summed E-state index contributed by atoms with van der Waals surface area (Å²) in [4.78, 5) is 72.9. The minimum Gasteiger partial charge on any atom is -0.462 e. The number of ether oxygens (including phenoxy) is 4. The molecule has 5 atom stereocenters. The molecule has 0 saturated carbocycles. The monoisotopic (exact) mass is 1410 g/mol. The summed E-state index contributed by atoms with van der Waals surface area (Å²) in [5.41, 5.74) is 0. The lowest BCUT2D eigenvalue weighted by Gasteiger charge is -2.21. The predicted molar refractivity (Wildman–Crippen MR) is 391 cm³/mol. The fourth-order valence-corrected chi connectivity index (χ4v) is 13.3. The van der Waals surface area contributed by atoms with E-state index in [-0.39, 0.29) is 25.7 Å². The van der Waals surface area contributed by atoms with Crippen LogP contribution in [-0.4, -0.2) is 96.7 Å². The van der Waals surface area contributed by atoms with Crippen molar-refractivity contribution in [3.63, 3.8) is 0 Å². The number of phosphoric ester groups is 2. The third-order valence-corrected chi connectivity index (χ3v) is 19.7. The van der Waals surface area contributed by atoms with Crippen molar-refractivity contribution >= 4 is 39.5 Å². The Bertz CT molecular complexity index is 1880. The summed E-state index contributed by atoms with van der Waals surface area (Å²) < 4.78 is 68.6. The summed E-state index contributed by atoms with van der Waals surface area (Å²) in [6, 6.07) is 0. The molecule has 0 aromatic rings. The lowest BCUT2D eigenvalue weighted by molar-refractivity contribution is -0.161. The molecule has 0 radical (unpaired) electrons. The van der Waals surface area contributed by atoms with Crippen LogP contribution in [-0.2, 0) is 65.4 Å². The van der Waals surface area contributed by atoms with Gasteiger partial charge in [-0.05, 0) is 49.4 Å². The van der Waals surface area contributed by atoms with Crippen LogP contribution >= 0.6 is 15.6 Å². The van der Waals surface area contributed by atoms with Gasteiger partial charge in [0.05, 0.1) is 26.4 Å². The number of aliphatic hydroxyl groups excluding tert-OH is 1. The van der Waals surface area contributed by atoms with Gasteiger partial charge in [0.25, 0.3) is 0 Å². The molecule has 0 aliphatic carbocycles. The molecule has 0 amide bonds. The second-order valence-electron chi connectivity index (χ2n) is 29.7. The first-order chi connectivity index (χ1) is 46.1. The third kappa shape index (κ3) is 70.5. The lowest BCUT2D eigenvalue weighted by atomic mass is 10.0. The summed E-state index contributed by atoms with van der Waals surface area (Å²) in [5, 5.41) is 10.6. The predicted octanol–water partition coefficient (Wildman–Crippen LogP) is 22.4. The topological polar surface area (TPSA) is 237 Å². The zero-order valence-corrected chi connectivity index (χ0v) is 64.8. The molecule has 0 spiro atoms. The minimum absolute atomic E-state index is 0.106. The molecule has 17 nitrogen and oxygen atoms in total. The first kappa shape index (κ1) is 94.1. The Hall–Kier alpha value is -1.94. The molecule has 0 aliphatic heterocycles. The molecule has 3 unspecified atom stereocenters. The molecule has 570 valence electrons. The number of hydrogen-bond donors (Lipinski definition) is 3. The van der Waals surface area contributed by atoms with Gasteiger partial charge in [-0.1, -0.05) is 338 Å². The Labute approximate surface area is 588 Å². The van der Waals surface area contributed by atoms with Crippen LogP contribution in [0.25, 0.3) is 0 Å². The second-order valence-corrected chi connectivity index (χ2v) is 32.6. The number of hydrogen-bond acceptors (Lipinski definition) is 15. The highest BCUT2D eigenvalue weighted by Crippen LogP contribution is 2.45. The first-order valence-corrected chi connectivity index (χ1v) is 42.7. The van der Waals surface area contributed by atoms with Gasteiger partial charge >= 0.3 is 39.5 Å². The Morgan fingerprint density at radius 3 is 0.646 bits per heavy atom. The van der Waals surface area contributed by atoms with Gasteiger partial charge in [-0.3, -0.25) is 37.3 Å². The molecule has 0 aromatic heterocycles. The molecule has 19 heteroatoms. The third-order valence-electron chi connectivity index (χ3n) is 17.8. The molecule has 0 saturated heterocycles. The van der Waals surface area contributed by atoms with Crippen LogP contribution in [0.4, 0.5) is 0 Å². The summed E-state index contributed by atoms with van der Waals surface area (Å²) in [6.45, 7) is 14.2. The van der Waals surface area contributed by atoms with E-state index in [1.807, 2.05) is 0 Å². The van der Waals surface area contributed by atoms with Crippen molar-refractivity contribution in [2.75, 3.05) is 39.6 Å². The maximum atomic E-state index is 13.1. The molecule has 0 aliphatic rings. The number of esters is 4.